The van der Waals surface area contributed by atoms with Gasteiger partial charge in [-0.3, -0.25) is 0 Å². The van der Waals surface area contributed by atoms with E-state index in [0.29, 0.717) is 10.7 Å². The van der Waals surface area contributed by atoms with E-state index in [2.05, 4.69) is 5.32 Å². The number of hydrogen-bond donors (Lipinski definition) is 2. The van der Waals surface area contributed by atoms with E-state index in [-0.39, 0.29) is 0 Å². The van der Waals surface area contributed by atoms with Crippen molar-refractivity contribution in [2.75, 3.05) is 11.1 Å². The van der Waals surface area contributed by atoms with Crippen LogP contribution in [-0.2, 0) is 0 Å². The molecule has 4 heteroatoms. The maximum atomic E-state index is 6.01. The molecule has 0 spiro atoms. The number of nitrogens with one attached hydrogen (secondary N) is 1. The van der Waals surface area contributed by atoms with E-state index < -0.39 is 0 Å². The molecule has 2 nitrogen and oxygen atoms in total. The molecule has 0 unspecified atom stereocenters. The standard InChI is InChI=1S/C10H9ClN2S/c11-8-2-1-3-9(12)10(8)13-7-4-5-14-6-7/h1-6,13H,12H2. The largest absolute Gasteiger partial charge is 0.397 e. The third-order valence-corrected chi connectivity index (χ3v) is 2.83. The Kier molecular flexibility index (Phi) is 2.61. The van der Waals surface area contributed by atoms with Gasteiger partial charge in [-0.15, -0.1) is 0 Å². The normalized spacial score (nSPS) is 10.1. The summed E-state index contributed by atoms with van der Waals surface area (Å²) in [5, 5.41) is 7.81. The summed E-state index contributed by atoms with van der Waals surface area (Å²) in [5.74, 6) is 0. The number of halogens is 1. The van der Waals surface area contributed by atoms with Gasteiger partial charge >= 0.3 is 0 Å². The van der Waals surface area contributed by atoms with Gasteiger partial charge in [0.2, 0.25) is 0 Å². The third kappa shape index (κ3) is 1.84. The second-order valence-corrected chi connectivity index (χ2v) is 4.03. The second kappa shape index (κ2) is 3.90. The maximum absolute atomic E-state index is 6.01. The Morgan fingerprint density at radius 3 is 2.79 bits per heavy atom. The lowest BCUT2D eigenvalue weighted by molar-refractivity contribution is 1.58. The number of nitrogen functional groups attached to an aromatic ring is 1. The number of thiophene rings is 1. The Hall–Kier alpha value is -1.19. The van der Waals surface area contributed by atoms with Crippen LogP contribution in [0.3, 0.4) is 0 Å². The highest BCUT2D eigenvalue weighted by molar-refractivity contribution is 7.08. The minimum Gasteiger partial charge on any atom is -0.397 e. The first-order valence-corrected chi connectivity index (χ1v) is 5.42. The van der Waals surface area contributed by atoms with Crippen molar-refractivity contribution in [3.63, 3.8) is 0 Å². The minimum atomic E-state index is 0.635. The predicted molar refractivity (Wildman–Crippen MR) is 63.5 cm³/mol. The molecule has 0 saturated carbocycles. The maximum Gasteiger partial charge on any atom is 0.0807 e. The summed E-state index contributed by atoms with van der Waals surface area (Å²) in [6.07, 6.45) is 0. The molecular formula is C10H9ClN2S. The summed E-state index contributed by atoms with van der Waals surface area (Å²) in [4.78, 5) is 0. The van der Waals surface area contributed by atoms with Crippen LogP contribution in [-0.4, -0.2) is 0 Å². The number of benzene rings is 1. The van der Waals surface area contributed by atoms with Gasteiger partial charge in [0.25, 0.3) is 0 Å². The summed E-state index contributed by atoms with van der Waals surface area (Å²) in [5.41, 5.74) is 8.23. The van der Waals surface area contributed by atoms with Crippen LogP contribution in [0.1, 0.15) is 0 Å². The van der Waals surface area contributed by atoms with Gasteiger partial charge in [0.1, 0.15) is 0 Å². The first kappa shape index (κ1) is 9.37. The van der Waals surface area contributed by atoms with Gasteiger partial charge in [0.15, 0.2) is 0 Å². The lowest BCUT2D eigenvalue weighted by atomic mass is 10.2. The number of hydrogen-bond acceptors (Lipinski definition) is 3. The van der Waals surface area contributed by atoms with Crippen molar-refractivity contribution >= 4 is 40.0 Å². The first-order valence-electron chi connectivity index (χ1n) is 4.10. The van der Waals surface area contributed by atoms with Crippen LogP contribution in [0.4, 0.5) is 17.1 Å². The topological polar surface area (TPSA) is 38.0 Å². The minimum absolute atomic E-state index is 0.635. The van der Waals surface area contributed by atoms with E-state index in [4.69, 9.17) is 17.3 Å². The average Bonchev–Trinajstić information content (AvgIpc) is 2.64. The molecule has 1 aromatic heterocycles. The van der Waals surface area contributed by atoms with E-state index in [1.165, 1.54) is 0 Å². The SMILES string of the molecule is Nc1cccc(Cl)c1Nc1ccsc1. The van der Waals surface area contributed by atoms with E-state index in [1.807, 2.05) is 35.0 Å². The summed E-state index contributed by atoms with van der Waals surface area (Å²) in [6, 6.07) is 7.44. The molecule has 72 valence electrons. The molecule has 0 radical (unpaired) electrons. The van der Waals surface area contributed by atoms with Gasteiger partial charge in [0.05, 0.1) is 16.4 Å². The Labute approximate surface area is 91.3 Å². The lowest BCUT2D eigenvalue weighted by Crippen LogP contribution is -1.95. The number of para-hydroxylation sites is 1. The van der Waals surface area contributed by atoms with Crippen LogP contribution in [0.25, 0.3) is 0 Å². The highest BCUT2D eigenvalue weighted by Gasteiger charge is 2.04. The van der Waals surface area contributed by atoms with Crippen molar-refractivity contribution in [1.82, 2.24) is 0 Å². The van der Waals surface area contributed by atoms with Crippen LogP contribution >= 0.6 is 22.9 Å². The van der Waals surface area contributed by atoms with Crippen molar-refractivity contribution in [3.8, 4) is 0 Å². The van der Waals surface area contributed by atoms with Gasteiger partial charge in [-0.05, 0) is 23.6 Å². The monoisotopic (exact) mass is 224 g/mol. The van der Waals surface area contributed by atoms with Crippen LogP contribution in [0.15, 0.2) is 35.0 Å². The Morgan fingerprint density at radius 1 is 1.29 bits per heavy atom. The summed E-state index contributed by atoms with van der Waals surface area (Å²) < 4.78 is 0. The fourth-order valence-corrected chi connectivity index (χ4v) is 1.97. The summed E-state index contributed by atoms with van der Waals surface area (Å²) in [6.45, 7) is 0. The Balaban J connectivity index is 2.33. The zero-order chi connectivity index (χ0) is 9.97. The van der Waals surface area contributed by atoms with Gasteiger partial charge in [-0.2, -0.15) is 11.3 Å². The molecule has 0 aliphatic rings. The van der Waals surface area contributed by atoms with Crippen LogP contribution in [0, 0.1) is 0 Å². The van der Waals surface area contributed by atoms with Crippen molar-refractivity contribution < 1.29 is 0 Å². The van der Waals surface area contributed by atoms with E-state index in [1.54, 1.807) is 11.3 Å². The smallest absolute Gasteiger partial charge is 0.0807 e. The molecular weight excluding hydrogens is 216 g/mol. The fraction of sp³-hybridized carbons (Fsp3) is 0. The summed E-state index contributed by atoms with van der Waals surface area (Å²) >= 11 is 7.63. The lowest BCUT2D eigenvalue weighted by Gasteiger charge is -2.08. The van der Waals surface area contributed by atoms with Gasteiger partial charge in [-0.1, -0.05) is 17.7 Å². The average molecular weight is 225 g/mol. The molecule has 0 aliphatic carbocycles. The highest BCUT2D eigenvalue weighted by atomic mass is 35.5. The van der Waals surface area contributed by atoms with Crippen molar-refractivity contribution in [2.45, 2.75) is 0 Å². The Bertz CT molecular complexity index is 405. The van der Waals surface area contributed by atoms with Crippen LogP contribution < -0.4 is 11.1 Å². The second-order valence-electron chi connectivity index (χ2n) is 2.84. The molecule has 0 saturated heterocycles. The molecule has 0 atom stereocenters. The number of anilines is 3. The van der Waals surface area contributed by atoms with Crippen molar-refractivity contribution in [3.05, 3.63) is 40.0 Å². The van der Waals surface area contributed by atoms with E-state index in [0.717, 1.165) is 11.4 Å². The van der Waals surface area contributed by atoms with E-state index >= 15 is 0 Å². The molecule has 2 aromatic rings. The van der Waals surface area contributed by atoms with Crippen LogP contribution in [0.5, 0.6) is 0 Å². The molecule has 14 heavy (non-hydrogen) atoms. The molecule has 0 aliphatic heterocycles. The zero-order valence-corrected chi connectivity index (χ0v) is 8.90. The molecule has 0 amide bonds. The number of nitrogens with two attached hydrogens (primary N) is 1. The number of rotatable bonds is 2. The van der Waals surface area contributed by atoms with Gasteiger partial charge in [0, 0.05) is 11.1 Å². The molecule has 0 fully saturated rings. The Morgan fingerprint density at radius 2 is 2.14 bits per heavy atom. The van der Waals surface area contributed by atoms with Crippen LogP contribution in [0.2, 0.25) is 5.02 Å². The molecule has 0 bridgehead atoms. The molecule has 2 rings (SSSR count). The highest BCUT2D eigenvalue weighted by Crippen LogP contribution is 2.31. The van der Waals surface area contributed by atoms with Gasteiger partial charge in [-0.25, -0.2) is 0 Å². The quantitative estimate of drug-likeness (QED) is 0.763. The zero-order valence-electron chi connectivity index (χ0n) is 7.33. The summed E-state index contributed by atoms with van der Waals surface area (Å²) in [7, 11) is 0. The first-order chi connectivity index (χ1) is 6.77. The van der Waals surface area contributed by atoms with E-state index in [9.17, 15) is 0 Å². The molecule has 1 heterocycles. The van der Waals surface area contributed by atoms with Crippen molar-refractivity contribution in [2.24, 2.45) is 0 Å². The van der Waals surface area contributed by atoms with Gasteiger partial charge < -0.3 is 11.1 Å². The molecule has 1 aromatic carbocycles. The predicted octanol–water partition coefficient (Wildman–Crippen LogP) is 3.73. The third-order valence-electron chi connectivity index (χ3n) is 1.84. The van der Waals surface area contributed by atoms with Crippen molar-refractivity contribution in [1.29, 1.82) is 0 Å². The molecule has 3 N–H and O–H groups in total. The fourth-order valence-electron chi connectivity index (χ4n) is 1.15.